The fraction of sp³-hybridized carbons (Fsp3) is 0.471. The number of anilines is 1. The van der Waals surface area contributed by atoms with Gasteiger partial charge in [0.25, 0.3) is 0 Å². The van der Waals surface area contributed by atoms with Crippen molar-refractivity contribution in [2.24, 2.45) is 0 Å². The Hall–Kier alpha value is -1.77. The third kappa shape index (κ3) is 3.03. The molecule has 2 rings (SSSR count). The zero-order valence-corrected chi connectivity index (χ0v) is 12.9. The van der Waals surface area contributed by atoms with Gasteiger partial charge >= 0.3 is 0 Å². The highest BCUT2D eigenvalue weighted by Gasteiger charge is 2.18. The number of hydrogen-bond donors (Lipinski definition) is 1. The van der Waals surface area contributed by atoms with Gasteiger partial charge in [0.05, 0.1) is 5.69 Å². The lowest BCUT2D eigenvalue weighted by molar-refractivity contribution is 0.556. The fourth-order valence-corrected chi connectivity index (χ4v) is 2.55. The summed E-state index contributed by atoms with van der Waals surface area (Å²) >= 11 is 0. The van der Waals surface area contributed by atoms with Crippen molar-refractivity contribution in [2.45, 2.75) is 52.5 Å². The van der Waals surface area contributed by atoms with Gasteiger partial charge in [-0.25, -0.2) is 4.98 Å². The van der Waals surface area contributed by atoms with Crippen LogP contribution in [0.5, 0.6) is 0 Å². The predicted octanol–water partition coefficient (Wildman–Crippen LogP) is 3.95. The van der Waals surface area contributed by atoms with Crippen LogP contribution in [0.2, 0.25) is 0 Å². The lowest BCUT2D eigenvalue weighted by Crippen LogP contribution is -2.10. The summed E-state index contributed by atoms with van der Waals surface area (Å²) in [4.78, 5) is 4.78. The molecule has 0 radical (unpaired) electrons. The molecule has 0 fully saturated rings. The molecule has 1 heterocycles. The van der Waals surface area contributed by atoms with Crippen molar-refractivity contribution in [1.29, 1.82) is 0 Å². The maximum Gasteiger partial charge on any atom is 0.127 e. The van der Waals surface area contributed by atoms with E-state index in [1.165, 1.54) is 5.56 Å². The van der Waals surface area contributed by atoms with E-state index in [4.69, 9.17) is 10.7 Å². The van der Waals surface area contributed by atoms with E-state index in [9.17, 15) is 0 Å². The van der Waals surface area contributed by atoms with Gasteiger partial charge in [0.15, 0.2) is 0 Å². The largest absolute Gasteiger partial charge is 0.384 e. The Morgan fingerprint density at radius 3 is 2.20 bits per heavy atom. The maximum atomic E-state index is 6.31. The summed E-state index contributed by atoms with van der Waals surface area (Å²) < 4.78 is 2.17. The molecule has 0 saturated carbocycles. The van der Waals surface area contributed by atoms with Crippen molar-refractivity contribution in [2.75, 3.05) is 5.73 Å². The first-order chi connectivity index (χ1) is 9.50. The normalized spacial score (nSPS) is 11.5. The Bertz CT molecular complexity index is 553. The summed E-state index contributed by atoms with van der Waals surface area (Å²) in [6.45, 7) is 8.65. The smallest absolute Gasteiger partial charge is 0.127 e. The molecule has 3 heteroatoms. The van der Waals surface area contributed by atoms with Crippen LogP contribution in [0.15, 0.2) is 30.3 Å². The summed E-state index contributed by atoms with van der Waals surface area (Å²) in [5.41, 5.74) is 8.67. The minimum atomic E-state index is 0.352. The summed E-state index contributed by atoms with van der Waals surface area (Å²) in [6, 6.07) is 10.8. The van der Waals surface area contributed by atoms with Crippen molar-refractivity contribution < 1.29 is 0 Å². The van der Waals surface area contributed by atoms with Crippen molar-refractivity contribution in [1.82, 2.24) is 9.55 Å². The average molecular weight is 271 g/mol. The molecule has 1 aromatic carbocycles. The molecule has 0 aliphatic carbocycles. The minimum absolute atomic E-state index is 0.352. The third-order valence-electron chi connectivity index (χ3n) is 3.58. The number of nitrogen functional groups attached to an aromatic ring is 1. The van der Waals surface area contributed by atoms with E-state index in [-0.39, 0.29) is 0 Å². The summed E-state index contributed by atoms with van der Waals surface area (Å²) in [5.74, 6) is 2.32. The highest BCUT2D eigenvalue weighted by atomic mass is 15.2. The van der Waals surface area contributed by atoms with Crippen LogP contribution in [0.1, 0.15) is 56.7 Å². The molecule has 108 valence electrons. The molecular weight excluding hydrogens is 246 g/mol. The number of aromatic nitrogens is 2. The first-order valence-corrected chi connectivity index (χ1v) is 7.41. The second-order valence-electron chi connectivity index (χ2n) is 5.91. The van der Waals surface area contributed by atoms with E-state index >= 15 is 0 Å². The van der Waals surface area contributed by atoms with Crippen molar-refractivity contribution >= 4 is 5.82 Å². The lowest BCUT2D eigenvalue weighted by atomic mass is 10.1. The molecule has 3 nitrogen and oxygen atoms in total. The molecule has 0 bridgehead atoms. The van der Waals surface area contributed by atoms with Crippen LogP contribution in [-0.2, 0) is 12.8 Å². The number of nitrogens with zero attached hydrogens (tertiary/aromatic N) is 2. The number of hydrogen-bond acceptors (Lipinski definition) is 2. The second kappa shape index (κ2) is 6.12. The summed E-state index contributed by atoms with van der Waals surface area (Å²) in [7, 11) is 0. The minimum Gasteiger partial charge on any atom is -0.384 e. The standard InChI is InChI=1S/C17H25N3/c1-12(2)17-19-15(16(18)20(17)13(3)4)11-10-14-8-6-5-7-9-14/h5-9,12-13H,10-11,18H2,1-4H3. The first kappa shape index (κ1) is 14.6. The first-order valence-electron chi connectivity index (χ1n) is 7.41. The van der Waals surface area contributed by atoms with Crippen LogP contribution >= 0.6 is 0 Å². The molecule has 0 saturated heterocycles. The average Bonchev–Trinajstić information content (AvgIpc) is 2.75. The molecule has 2 aromatic rings. The predicted molar refractivity (Wildman–Crippen MR) is 85.0 cm³/mol. The van der Waals surface area contributed by atoms with Gasteiger partial charge in [0.2, 0.25) is 0 Å². The molecular formula is C17H25N3. The molecule has 0 aliphatic rings. The molecule has 0 unspecified atom stereocenters. The Labute approximate surface area is 121 Å². The molecule has 2 N–H and O–H groups in total. The maximum absolute atomic E-state index is 6.31. The number of rotatable bonds is 5. The highest BCUT2D eigenvalue weighted by Crippen LogP contribution is 2.26. The van der Waals surface area contributed by atoms with Gasteiger partial charge in [0.1, 0.15) is 11.6 Å². The van der Waals surface area contributed by atoms with Gasteiger partial charge in [0, 0.05) is 12.0 Å². The number of nitrogens with two attached hydrogens (primary N) is 1. The van der Waals surface area contributed by atoms with Gasteiger partial charge in [-0.1, -0.05) is 44.2 Å². The molecule has 0 spiro atoms. The Morgan fingerprint density at radius 2 is 1.70 bits per heavy atom. The van der Waals surface area contributed by atoms with Crippen LogP contribution < -0.4 is 5.73 Å². The van der Waals surface area contributed by atoms with Gasteiger partial charge in [-0.15, -0.1) is 0 Å². The number of imidazole rings is 1. The molecule has 20 heavy (non-hydrogen) atoms. The fourth-order valence-electron chi connectivity index (χ4n) is 2.55. The number of benzene rings is 1. The molecule has 0 aliphatic heterocycles. The summed E-state index contributed by atoms with van der Waals surface area (Å²) in [5, 5.41) is 0. The Balaban J connectivity index is 2.22. The monoisotopic (exact) mass is 271 g/mol. The van der Waals surface area contributed by atoms with E-state index in [2.05, 4.69) is 56.5 Å². The topological polar surface area (TPSA) is 43.8 Å². The summed E-state index contributed by atoms with van der Waals surface area (Å²) in [6.07, 6.45) is 1.88. The van der Waals surface area contributed by atoms with E-state index in [1.54, 1.807) is 0 Å². The molecule has 0 amide bonds. The van der Waals surface area contributed by atoms with Crippen molar-refractivity contribution in [3.8, 4) is 0 Å². The molecule has 0 atom stereocenters. The zero-order chi connectivity index (χ0) is 14.7. The Kier molecular flexibility index (Phi) is 4.48. The number of aryl methyl sites for hydroxylation is 2. The van der Waals surface area contributed by atoms with E-state index < -0.39 is 0 Å². The van der Waals surface area contributed by atoms with E-state index in [0.717, 1.165) is 30.2 Å². The van der Waals surface area contributed by atoms with Gasteiger partial charge in [-0.05, 0) is 32.3 Å². The van der Waals surface area contributed by atoms with Crippen molar-refractivity contribution in [3.05, 3.63) is 47.4 Å². The van der Waals surface area contributed by atoms with Crippen LogP contribution in [0.4, 0.5) is 5.82 Å². The molecule has 1 aromatic heterocycles. The lowest BCUT2D eigenvalue weighted by Gasteiger charge is -2.15. The zero-order valence-electron chi connectivity index (χ0n) is 12.9. The van der Waals surface area contributed by atoms with Crippen molar-refractivity contribution in [3.63, 3.8) is 0 Å². The van der Waals surface area contributed by atoms with Gasteiger partial charge < -0.3 is 10.3 Å². The van der Waals surface area contributed by atoms with E-state index in [0.29, 0.717) is 12.0 Å². The van der Waals surface area contributed by atoms with Crippen LogP contribution in [-0.4, -0.2) is 9.55 Å². The second-order valence-corrected chi connectivity index (χ2v) is 5.91. The SMILES string of the molecule is CC(C)c1nc(CCc2ccccc2)c(N)n1C(C)C. The van der Waals surface area contributed by atoms with Gasteiger partial charge in [-0.2, -0.15) is 0 Å². The van der Waals surface area contributed by atoms with E-state index in [1.807, 2.05) is 6.07 Å². The van der Waals surface area contributed by atoms with Crippen LogP contribution in [0.3, 0.4) is 0 Å². The van der Waals surface area contributed by atoms with Gasteiger partial charge in [-0.3, -0.25) is 0 Å². The highest BCUT2D eigenvalue weighted by molar-refractivity contribution is 5.40. The third-order valence-corrected chi connectivity index (χ3v) is 3.58. The van der Waals surface area contributed by atoms with Crippen LogP contribution in [0.25, 0.3) is 0 Å². The van der Waals surface area contributed by atoms with Crippen LogP contribution in [0, 0.1) is 0 Å². The quantitative estimate of drug-likeness (QED) is 0.894. The Morgan fingerprint density at radius 1 is 1.05 bits per heavy atom.